The van der Waals surface area contributed by atoms with E-state index in [2.05, 4.69) is 41.2 Å². The monoisotopic (exact) mass is 174 g/mol. The Morgan fingerprint density at radius 1 is 0.833 bits per heavy atom. The van der Waals surface area contributed by atoms with E-state index in [9.17, 15) is 0 Å². The van der Waals surface area contributed by atoms with Crippen molar-refractivity contribution in [3.8, 4) is 0 Å². The van der Waals surface area contributed by atoms with E-state index in [-0.39, 0.29) is 0 Å². The molecule has 0 aromatic carbocycles. The van der Waals surface area contributed by atoms with Crippen molar-refractivity contribution in [1.29, 1.82) is 0 Å². The summed E-state index contributed by atoms with van der Waals surface area (Å²) in [6.45, 7) is 18.0. The molecule has 0 atom stereocenters. The first-order valence-corrected chi connectivity index (χ1v) is 5.35. The van der Waals surface area contributed by atoms with Gasteiger partial charge in [-0.3, -0.25) is 0 Å². The van der Waals surface area contributed by atoms with Gasteiger partial charge < -0.3 is 0 Å². The zero-order chi connectivity index (χ0) is 10.8. The lowest BCUT2D eigenvalue weighted by Gasteiger charge is -1.57. The summed E-state index contributed by atoms with van der Waals surface area (Å²) in [7, 11) is 0. The zero-order valence-corrected chi connectivity index (χ0v) is 10.4. The Kier molecular flexibility index (Phi) is 137. The van der Waals surface area contributed by atoms with Crippen molar-refractivity contribution in [3.05, 3.63) is 12.7 Å². The summed E-state index contributed by atoms with van der Waals surface area (Å²) in [6.07, 6.45) is 5.46. The summed E-state index contributed by atoms with van der Waals surface area (Å²) in [5, 5.41) is 0. The predicted octanol–water partition coefficient (Wildman–Crippen LogP) is 5.44. The fourth-order valence-corrected chi connectivity index (χ4v) is 0. The SMILES string of the molecule is C=CCC.CC.CCC.CCC. The number of hydrogen-bond donors (Lipinski definition) is 0. The van der Waals surface area contributed by atoms with Crippen molar-refractivity contribution in [2.75, 3.05) is 0 Å². The molecule has 0 aliphatic heterocycles. The Balaban J connectivity index is -0.0000000368. The highest BCUT2D eigenvalue weighted by molar-refractivity contribution is 4.60. The van der Waals surface area contributed by atoms with Crippen LogP contribution in [-0.2, 0) is 0 Å². The van der Waals surface area contributed by atoms with Crippen LogP contribution >= 0.6 is 0 Å². The Morgan fingerprint density at radius 3 is 0.917 bits per heavy atom. The molecule has 0 aliphatic carbocycles. The van der Waals surface area contributed by atoms with E-state index in [0.717, 1.165) is 6.42 Å². The molecule has 0 heterocycles. The first-order chi connectivity index (χ1) is 5.74. The summed E-state index contributed by atoms with van der Waals surface area (Å²) in [5.74, 6) is 0. The Hall–Kier alpha value is -0.260. The molecule has 0 aromatic rings. The summed E-state index contributed by atoms with van der Waals surface area (Å²) in [4.78, 5) is 0. The lowest BCUT2D eigenvalue weighted by Crippen LogP contribution is -1.36. The third kappa shape index (κ3) is 1360. The van der Waals surface area contributed by atoms with Crippen molar-refractivity contribution in [2.24, 2.45) is 0 Å². The lowest BCUT2D eigenvalue weighted by atomic mass is 10.5. The number of rotatable bonds is 1. The van der Waals surface area contributed by atoms with Gasteiger partial charge in [0.1, 0.15) is 0 Å². The number of hydrogen-bond acceptors (Lipinski definition) is 0. The largest absolute Gasteiger partial charge is 0.103 e. The summed E-state index contributed by atoms with van der Waals surface area (Å²) >= 11 is 0. The van der Waals surface area contributed by atoms with Crippen LogP contribution < -0.4 is 0 Å². The molecule has 0 bridgehead atoms. The smallest absolute Gasteiger partial charge is 0.0382 e. The molecule has 0 saturated carbocycles. The third-order valence-electron chi connectivity index (χ3n) is 0.289. The predicted molar refractivity (Wildman–Crippen MR) is 63.8 cm³/mol. The molecular weight excluding hydrogens is 144 g/mol. The maximum Gasteiger partial charge on any atom is -0.0382 e. The molecule has 0 rings (SSSR count). The van der Waals surface area contributed by atoms with E-state index in [1.165, 1.54) is 12.8 Å². The maximum atomic E-state index is 3.48. The average Bonchev–Trinajstić information content (AvgIpc) is 2.10. The van der Waals surface area contributed by atoms with Gasteiger partial charge in [0, 0.05) is 0 Å². The minimum absolute atomic E-state index is 1.08. The molecule has 12 heavy (non-hydrogen) atoms. The highest BCUT2D eigenvalue weighted by Crippen LogP contribution is 1.66. The third-order valence-corrected chi connectivity index (χ3v) is 0.289. The molecule has 0 N–H and O–H groups in total. The van der Waals surface area contributed by atoms with E-state index in [1.807, 2.05) is 19.9 Å². The van der Waals surface area contributed by atoms with Gasteiger partial charge in [0.15, 0.2) is 0 Å². The number of allylic oxidation sites excluding steroid dienone is 1. The van der Waals surface area contributed by atoms with Crippen molar-refractivity contribution in [2.45, 2.75) is 67.7 Å². The Bertz CT molecular complexity index is 27.0. The van der Waals surface area contributed by atoms with Crippen LogP contribution in [0.2, 0.25) is 0 Å². The fourth-order valence-electron chi connectivity index (χ4n) is 0. The van der Waals surface area contributed by atoms with E-state index in [4.69, 9.17) is 0 Å². The molecule has 0 saturated heterocycles. The van der Waals surface area contributed by atoms with Gasteiger partial charge in [-0.15, -0.1) is 6.58 Å². The van der Waals surface area contributed by atoms with Crippen LogP contribution in [0, 0.1) is 0 Å². The van der Waals surface area contributed by atoms with Crippen molar-refractivity contribution >= 4 is 0 Å². The van der Waals surface area contributed by atoms with Crippen LogP contribution in [0.25, 0.3) is 0 Å². The molecule has 0 amide bonds. The highest BCUT2D eigenvalue weighted by atomic mass is 13.5. The van der Waals surface area contributed by atoms with Crippen LogP contribution in [0.1, 0.15) is 67.7 Å². The van der Waals surface area contributed by atoms with Crippen LogP contribution in [0.4, 0.5) is 0 Å². The zero-order valence-electron chi connectivity index (χ0n) is 10.4. The van der Waals surface area contributed by atoms with Crippen LogP contribution in [-0.4, -0.2) is 0 Å². The molecule has 0 nitrogen and oxygen atoms in total. The van der Waals surface area contributed by atoms with E-state index in [0.29, 0.717) is 0 Å². The van der Waals surface area contributed by atoms with Crippen LogP contribution in [0.3, 0.4) is 0 Å². The van der Waals surface area contributed by atoms with Gasteiger partial charge in [-0.05, 0) is 6.42 Å². The summed E-state index contributed by atoms with van der Waals surface area (Å²) in [5.41, 5.74) is 0. The van der Waals surface area contributed by atoms with Gasteiger partial charge in [0.25, 0.3) is 0 Å². The van der Waals surface area contributed by atoms with Crippen molar-refractivity contribution in [1.82, 2.24) is 0 Å². The standard InChI is InChI=1S/C4H8.2C3H8.C2H6/c1-3-4-2;2*1-3-2;1-2/h3H,1,4H2,2H3;2*3H2,1-2H3;1-2H3. The van der Waals surface area contributed by atoms with E-state index in [1.54, 1.807) is 0 Å². The van der Waals surface area contributed by atoms with E-state index < -0.39 is 0 Å². The van der Waals surface area contributed by atoms with Crippen LogP contribution in [0.15, 0.2) is 12.7 Å². The molecule has 0 spiro atoms. The van der Waals surface area contributed by atoms with Gasteiger partial charge in [-0.25, -0.2) is 0 Å². The molecule has 0 unspecified atom stereocenters. The van der Waals surface area contributed by atoms with E-state index >= 15 is 0 Å². The minimum atomic E-state index is 1.08. The molecular formula is C12H30. The molecule has 0 radical (unpaired) electrons. The molecule has 0 heteroatoms. The lowest BCUT2D eigenvalue weighted by molar-refractivity contribution is 1.09. The van der Waals surface area contributed by atoms with Crippen molar-refractivity contribution < 1.29 is 0 Å². The highest BCUT2D eigenvalue weighted by Gasteiger charge is 1.45. The summed E-state index contributed by atoms with van der Waals surface area (Å²) < 4.78 is 0. The summed E-state index contributed by atoms with van der Waals surface area (Å²) in [6, 6.07) is 0. The second kappa shape index (κ2) is 72.8. The second-order valence-electron chi connectivity index (χ2n) is 2.11. The van der Waals surface area contributed by atoms with Gasteiger partial charge in [0.2, 0.25) is 0 Å². The maximum absolute atomic E-state index is 3.48. The molecule has 0 aliphatic rings. The van der Waals surface area contributed by atoms with Crippen molar-refractivity contribution in [3.63, 3.8) is 0 Å². The first kappa shape index (κ1) is 22.6. The molecule has 78 valence electrons. The average molecular weight is 174 g/mol. The minimum Gasteiger partial charge on any atom is -0.103 e. The van der Waals surface area contributed by atoms with Gasteiger partial charge in [-0.2, -0.15) is 0 Å². The van der Waals surface area contributed by atoms with Gasteiger partial charge in [-0.1, -0.05) is 67.4 Å². The molecule has 0 aromatic heterocycles. The van der Waals surface area contributed by atoms with Crippen LogP contribution in [0.5, 0.6) is 0 Å². The topological polar surface area (TPSA) is 0 Å². The second-order valence-corrected chi connectivity index (χ2v) is 2.11. The first-order valence-electron chi connectivity index (χ1n) is 5.35. The fraction of sp³-hybridized carbons (Fsp3) is 0.833. The normalized spacial score (nSPS) is 5.58. The van der Waals surface area contributed by atoms with Gasteiger partial charge >= 0.3 is 0 Å². The Morgan fingerprint density at radius 2 is 0.917 bits per heavy atom. The Labute approximate surface area is 81.1 Å². The quantitative estimate of drug-likeness (QED) is 0.464. The van der Waals surface area contributed by atoms with Gasteiger partial charge in [0.05, 0.1) is 0 Å². The molecule has 0 fully saturated rings.